The summed E-state index contributed by atoms with van der Waals surface area (Å²) in [4.78, 5) is 12.9. The van der Waals surface area contributed by atoms with Gasteiger partial charge in [0.25, 0.3) is 0 Å². The summed E-state index contributed by atoms with van der Waals surface area (Å²) < 4.78 is 1.74. The first-order valence-electron chi connectivity index (χ1n) is 6.23. The third-order valence-electron chi connectivity index (χ3n) is 3.44. The maximum Gasteiger partial charge on any atom is 0.180 e. The Hall–Kier alpha value is -1.98. The predicted octanol–water partition coefficient (Wildman–Crippen LogP) is 1.51. The molecule has 1 saturated carbocycles. The Balaban J connectivity index is 2.00. The number of nitrogens with zero attached hydrogens (tertiary/aromatic N) is 5. The van der Waals surface area contributed by atoms with E-state index < -0.39 is 0 Å². The molecule has 3 rings (SSSR count). The lowest BCUT2D eigenvalue weighted by molar-refractivity contribution is 0.648. The van der Waals surface area contributed by atoms with Crippen LogP contribution in [-0.4, -0.2) is 24.7 Å². The number of rotatable bonds is 2. The van der Waals surface area contributed by atoms with Crippen LogP contribution in [0.25, 0.3) is 11.5 Å². The van der Waals surface area contributed by atoms with Crippen molar-refractivity contribution in [3.63, 3.8) is 0 Å². The van der Waals surface area contributed by atoms with Crippen molar-refractivity contribution in [2.45, 2.75) is 31.6 Å². The SMILES string of the molecule is Cn1nc(C2CCCC2)nc1-c1nccnc1N. The Labute approximate surface area is 105 Å². The first-order valence-corrected chi connectivity index (χ1v) is 6.23. The van der Waals surface area contributed by atoms with Gasteiger partial charge in [0.05, 0.1) is 0 Å². The summed E-state index contributed by atoms with van der Waals surface area (Å²) in [7, 11) is 1.87. The summed E-state index contributed by atoms with van der Waals surface area (Å²) in [5.74, 6) is 2.49. The fraction of sp³-hybridized carbons (Fsp3) is 0.500. The van der Waals surface area contributed by atoms with Gasteiger partial charge in [0.1, 0.15) is 5.69 Å². The number of hydrogen-bond acceptors (Lipinski definition) is 5. The molecule has 2 aromatic rings. The summed E-state index contributed by atoms with van der Waals surface area (Å²) in [6.07, 6.45) is 8.10. The molecule has 1 fully saturated rings. The van der Waals surface area contributed by atoms with Gasteiger partial charge in [-0.15, -0.1) is 0 Å². The maximum atomic E-state index is 5.83. The van der Waals surface area contributed by atoms with E-state index in [9.17, 15) is 0 Å². The monoisotopic (exact) mass is 244 g/mol. The van der Waals surface area contributed by atoms with E-state index in [4.69, 9.17) is 5.73 Å². The molecule has 0 aliphatic heterocycles. The molecular formula is C12H16N6. The van der Waals surface area contributed by atoms with E-state index in [1.54, 1.807) is 17.1 Å². The lowest BCUT2D eigenvalue weighted by atomic mass is 10.1. The van der Waals surface area contributed by atoms with E-state index in [1.165, 1.54) is 25.7 Å². The number of aromatic nitrogens is 5. The summed E-state index contributed by atoms with van der Waals surface area (Å²) in [6, 6.07) is 0. The summed E-state index contributed by atoms with van der Waals surface area (Å²) in [5.41, 5.74) is 6.44. The zero-order valence-corrected chi connectivity index (χ0v) is 10.4. The first-order chi connectivity index (χ1) is 8.75. The second kappa shape index (κ2) is 4.36. The molecule has 0 unspecified atom stereocenters. The second-order valence-electron chi connectivity index (χ2n) is 4.69. The van der Waals surface area contributed by atoms with Crippen molar-refractivity contribution in [3.05, 3.63) is 18.2 Å². The van der Waals surface area contributed by atoms with Crippen LogP contribution in [-0.2, 0) is 7.05 Å². The highest BCUT2D eigenvalue weighted by Crippen LogP contribution is 2.33. The van der Waals surface area contributed by atoms with Gasteiger partial charge in [-0.3, -0.25) is 0 Å². The molecule has 1 aliphatic carbocycles. The highest BCUT2D eigenvalue weighted by Gasteiger charge is 2.23. The minimum absolute atomic E-state index is 0.394. The van der Waals surface area contributed by atoms with Crippen molar-refractivity contribution < 1.29 is 0 Å². The summed E-state index contributed by atoms with van der Waals surface area (Å²) in [5, 5.41) is 4.49. The Bertz CT molecular complexity index is 555. The van der Waals surface area contributed by atoms with Gasteiger partial charge >= 0.3 is 0 Å². The Morgan fingerprint density at radius 3 is 2.67 bits per heavy atom. The molecule has 0 saturated heterocycles. The predicted molar refractivity (Wildman–Crippen MR) is 67.7 cm³/mol. The number of nitrogen functional groups attached to an aromatic ring is 1. The van der Waals surface area contributed by atoms with Crippen LogP contribution < -0.4 is 5.73 Å². The Morgan fingerprint density at radius 2 is 1.94 bits per heavy atom. The first kappa shape index (κ1) is 11.1. The molecule has 18 heavy (non-hydrogen) atoms. The fourth-order valence-corrected chi connectivity index (χ4v) is 2.49. The number of anilines is 1. The average Bonchev–Trinajstić information content (AvgIpc) is 2.99. The number of nitrogens with two attached hydrogens (primary N) is 1. The molecule has 2 aromatic heterocycles. The van der Waals surface area contributed by atoms with Crippen molar-refractivity contribution in [2.75, 3.05) is 5.73 Å². The Kier molecular flexibility index (Phi) is 2.70. The van der Waals surface area contributed by atoms with Crippen LogP contribution in [0.4, 0.5) is 5.82 Å². The molecule has 0 bridgehead atoms. The van der Waals surface area contributed by atoms with Crippen LogP contribution in [0.15, 0.2) is 12.4 Å². The molecule has 0 amide bonds. The molecule has 6 heteroatoms. The lowest BCUT2D eigenvalue weighted by Gasteiger charge is -2.01. The van der Waals surface area contributed by atoms with Gasteiger partial charge in [-0.05, 0) is 12.8 Å². The average molecular weight is 244 g/mol. The van der Waals surface area contributed by atoms with Crippen LogP contribution >= 0.6 is 0 Å². The van der Waals surface area contributed by atoms with E-state index in [0.717, 1.165) is 5.82 Å². The normalized spacial score (nSPS) is 16.3. The lowest BCUT2D eigenvalue weighted by Crippen LogP contribution is -2.01. The van der Waals surface area contributed by atoms with E-state index in [2.05, 4.69) is 20.1 Å². The molecule has 6 nitrogen and oxygen atoms in total. The van der Waals surface area contributed by atoms with E-state index in [0.29, 0.717) is 23.3 Å². The van der Waals surface area contributed by atoms with Crippen molar-refractivity contribution in [2.24, 2.45) is 7.05 Å². The van der Waals surface area contributed by atoms with Crippen LogP contribution in [0.3, 0.4) is 0 Å². The van der Waals surface area contributed by atoms with Crippen LogP contribution in [0, 0.1) is 0 Å². The highest BCUT2D eigenvalue weighted by atomic mass is 15.3. The zero-order chi connectivity index (χ0) is 12.5. The molecule has 0 spiro atoms. The van der Waals surface area contributed by atoms with E-state index in [-0.39, 0.29) is 0 Å². The van der Waals surface area contributed by atoms with Gasteiger partial charge in [0, 0.05) is 25.4 Å². The van der Waals surface area contributed by atoms with Crippen molar-refractivity contribution in [1.29, 1.82) is 0 Å². The van der Waals surface area contributed by atoms with Crippen LogP contribution in [0.1, 0.15) is 37.4 Å². The zero-order valence-electron chi connectivity index (χ0n) is 10.4. The minimum Gasteiger partial charge on any atom is -0.382 e. The van der Waals surface area contributed by atoms with Crippen LogP contribution in [0.2, 0.25) is 0 Å². The van der Waals surface area contributed by atoms with Crippen LogP contribution in [0.5, 0.6) is 0 Å². The fourth-order valence-electron chi connectivity index (χ4n) is 2.49. The molecule has 2 N–H and O–H groups in total. The molecule has 0 radical (unpaired) electrons. The van der Waals surface area contributed by atoms with Gasteiger partial charge < -0.3 is 5.73 Å². The van der Waals surface area contributed by atoms with Gasteiger partial charge in [-0.2, -0.15) is 5.10 Å². The largest absolute Gasteiger partial charge is 0.382 e. The number of aryl methyl sites for hydroxylation is 1. The van der Waals surface area contributed by atoms with E-state index >= 15 is 0 Å². The van der Waals surface area contributed by atoms with Crippen molar-refractivity contribution in [1.82, 2.24) is 24.7 Å². The molecule has 1 aliphatic rings. The summed E-state index contributed by atoms with van der Waals surface area (Å²) in [6.45, 7) is 0. The molecule has 0 aromatic carbocycles. The highest BCUT2D eigenvalue weighted by molar-refractivity contribution is 5.63. The molecule has 2 heterocycles. The smallest absolute Gasteiger partial charge is 0.180 e. The van der Waals surface area contributed by atoms with Gasteiger partial charge in [0.15, 0.2) is 17.5 Å². The third-order valence-corrected chi connectivity index (χ3v) is 3.44. The van der Waals surface area contributed by atoms with E-state index in [1.807, 2.05) is 7.05 Å². The van der Waals surface area contributed by atoms with Gasteiger partial charge in [-0.25, -0.2) is 19.6 Å². The van der Waals surface area contributed by atoms with Gasteiger partial charge in [-0.1, -0.05) is 12.8 Å². The van der Waals surface area contributed by atoms with Gasteiger partial charge in [0.2, 0.25) is 0 Å². The van der Waals surface area contributed by atoms with Crippen molar-refractivity contribution >= 4 is 5.82 Å². The summed E-state index contributed by atoms with van der Waals surface area (Å²) >= 11 is 0. The number of hydrogen-bond donors (Lipinski definition) is 1. The quantitative estimate of drug-likeness (QED) is 0.865. The Morgan fingerprint density at radius 1 is 1.22 bits per heavy atom. The third kappa shape index (κ3) is 1.83. The molecular weight excluding hydrogens is 228 g/mol. The maximum absolute atomic E-state index is 5.83. The molecule has 0 atom stereocenters. The molecule has 94 valence electrons. The topological polar surface area (TPSA) is 82.5 Å². The minimum atomic E-state index is 0.394. The second-order valence-corrected chi connectivity index (χ2v) is 4.69. The standard InChI is InChI=1S/C12H16N6/c1-18-12(9-10(13)15-7-6-14-9)16-11(17-18)8-4-2-3-5-8/h6-8H,2-5H2,1H3,(H2,13,15). The van der Waals surface area contributed by atoms with Crippen molar-refractivity contribution in [3.8, 4) is 11.5 Å².